The lowest BCUT2D eigenvalue weighted by Crippen LogP contribution is -2.30. The molecule has 1 aliphatic rings. The molecule has 4 nitrogen and oxygen atoms in total. The number of nitrogens with one attached hydrogen (secondary N) is 1. The number of furan rings is 1. The summed E-state index contributed by atoms with van der Waals surface area (Å²) in [4.78, 5) is 14.2. The van der Waals surface area contributed by atoms with Gasteiger partial charge in [0, 0.05) is 19.5 Å². The Morgan fingerprint density at radius 2 is 2.39 bits per heavy atom. The lowest BCUT2D eigenvalue weighted by molar-refractivity contribution is 0.0754. The Morgan fingerprint density at radius 1 is 1.61 bits per heavy atom. The van der Waals surface area contributed by atoms with Crippen LogP contribution in [0.2, 0.25) is 0 Å². The molecule has 100 valence electrons. The third-order valence-corrected chi connectivity index (χ3v) is 3.62. The summed E-state index contributed by atoms with van der Waals surface area (Å²) in [6.07, 6.45) is 1.91. The van der Waals surface area contributed by atoms with E-state index in [1.165, 1.54) is 0 Å². The molecule has 0 unspecified atom stereocenters. The number of nitrogens with zero attached hydrogens (tertiary/aromatic N) is 1. The summed E-state index contributed by atoms with van der Waals surface area (Å²) in [5.74, 6) is 2.02. The summed E-state index contributed by atoms with van der Waals surface area (Å²) in [6, 6.07) is 1.87. The van der Waals surface area contributed by atoms with E-state index in [2.05, 4.69) is 5.32 Å². The molecule has 0 aromatic carbocycles. The first kappa shape index (κ1) is 13.1. The number of amides is 1. The van der Waals surface area contributed by atoms with Crippen LogP contribution in [0.3, 0.4) is 0 Å². The van der Waals surface area contributed by atoms with Crippen LogP contribution in [-0.4, -0.2) is 37.5 Å². The highest BCUT2D eigenvalue weighted by Crippen LogP contribution is 2.21. The monoisotopic (exact) mass is 250 g/mol. The van der Waals surface area contributed by atoms with Crippen LogP contribution in [0.15, 0.2) is 10.5 Å². The zero-order valence-corrected chi connectivity index (χ0v) is 11.5. The molecule has 2 rings (SSSR count). The van der Waals surface area contributed by atoms with Crippen molar-refractivity contribution in [3.8, 4) is 0 Å². The van der Waals surface area contributed by atoms with Crippen molar-refractivity contribution >= 4 is 5.91 Å². The summed E-state index contributed by atoms with van der Waals surface area (Å²) in [5.41, 5.74) is 1.08. The molecule has 18 heavy (non-hydrogen) atoms. The molecule has 1 saturated heterocycles. The third-order valence-electron chi connectivity index (χ3n) is 3.62. The van der Waals surface area contributed by atoms with Crippen molar-refractivity contribution in [2.45, 2.75) is 26.7 Å². The van der Waals surface area contributed by atoms with Gasteiger partial charge in [0.1, 0.15) is 5.76 Å². The van der Waals surface area contributed by atoms with E-state index >= 15 is 0 Å². The van der Waals surface area contributed by atoms with Crippen molar-refractivity contribution < 1.29 is 9.21 Å². The number of carbonyl (C=O) groups is 1. The van der Waals surface area contributed by atoms with Crippen LogP contribution in [0.5, 0.6) is 0 Å². The molecule has 1 aromatic rings. The summed E-state index contributed by atoms with van der Waals surface area (Å²) in [5, 5.41) is 3.17. The number of aryl methyl sites for hydroxylation is 2. The van der Waals surface area contributed by atoms with Crippen molar-refractivity contribution in [1.82, 2.24) is 10.2 Å². The van der Waals surface area contributed by atoms with Crippen molar-refractivity contribution in [2.75, 3.05) is 26.7 Å². The molecule has 1 aromatic heterocycles. The molecule has 4 heteroatoms. The first-order valence-electron chi connectivity index (χ1n) is 6.68. The fraction of sp³-hybridized carbons (Fsp3) is 0.643. The maximum Gasteiger partial charge on any atom is 0.289 e. The van der Waals surface area contributed by atoms with Crippen LogP contribution in [0.4, 0.5) is 0 Å². The molecule has 0 spiro atoms. The lowest BCUT2D eigenvalue weighted by Gasteiger charge is -2.14. The number of hydrogen-bond acceptors (Lipinski definition) is 3. The fourth-order valence-corrected chi connectivity index (χ4v) is 2.60. The van der Waals surface area contributed by atoms with Gasteiger partial charge in [-0.3, -0.25) is 4.79 Å². The van der Waals surface area contributed by atoms with E-state index in [4.69, 9.17) is 4.42 Å². The molecule has 1 fully saturated rings. The van der Waals surface area contributed by atoms with Crippen LogP contribution in [-0.2, 0) is 6.42 Å². The Labute approximate surface area is 108 Å². The predicted octanol–water partition coefficient (Wildman–Crippen LogP) is 1.83. The highest BCUT2D eigenvalue weighted by atomic mass is 16.4. The van der Waals surface area contributed by atoms with E-state index in [0.29, 0.717) is 11.7 Å². The summed E-state index contributed by atoms with van der Waals surface area (Å²) < 4.78 is 5.63. The van der Waals surface area contributed by atoms with Gasteiger partial charge >= 0.3 is 0 Å². The first-order chi connectivity index (χ1) is 8.65. The second-order valence-electron chi connectivity index (χ2n) is 5.03. The minimum atomic E-state index is 0.0383. The quantitative estimate of drug-likeness (QED) is 0.886. The average Bonchev–Trinajstić information content (AvgIpc) is 2.95. The summed E-state index contributed by atoms with van der Waals surface area (Å²) in [7, 11) is 1.95. The zero-order chi connectivity index (χ0) is 13.1. The van der Waals surface area contributed by atoms with Crippen LogP contribution >= 0.6 is 0 Å². The van der Waals surface area contributed by atoms with Gasteiger partial charge in [0.05, 0.1) is 0 Å². The molecule has 0 radical (unpaired) electrons. The van der Waals surface area contributed by atoms with Crippen LogP contribution in [0.25, 0.3) is 0 Å². The Hall–Kier alpha value is -1.29. The normalized spacial score (nSPS) is 19.5. The van der Waals surface area contributed by atoms with Gasteiger partial charge in [-0.2, -0.15) is 0 Å². The van der Waals surface area contributed by atoms with Gasteiger partial charge in [0.15, 0.2) is 5.76 Å². The van der Waals surface area contributed by atoms with E-state index in [1.54, 1.807) is 0 Å². The van der Waals surface area contributed by atoms with Crippen LogP contribution in [0, 0.1) is 12.8 Å². The largest absolute Gasteiger partial charge is 0.456 e. The van der Waals surface area contributed by atoms with Gasteiger partial charge in [-0.15, -0.1) is 0 Å². The molecule has 1 amide bonds. The molecular formula is C14H22N2O2. The van der Waals surface area contributed by atoms with E-state index in [0.717, 1.165) is 43.8 Å². The van der Waals surface area contributed by atoms with Gasteiger partial charge in [0.2, 0.25) is 0 Å². The van der Waals surface area contributed by atoms with Gasteiger partial charge in [-0.1, -0.05) is 6.92 Å². The maximum atomic E-state index is 12.3. The Bertz CT molecular complexity index is 425. The third kappa shape index (κ3) is 2.58. The highest BCUT2D eigenvalue weighted by molar-refractivity contribution is 5.92. The van der Waals surface area contributed by atoms with Gasteiger partial charge in [0.25, 0.3) is 5.91 Å². The molecule has 2 heterocycles. The Balaban J connectivity index is 2.03. The highest BCUT2D eigenvalue weighted by Gasteiger charge is 2.28. The van der Waals surface area contributed by atoms with Crippen molar-refractivity contribution in [1.29, 1.82) is 0 Å². The summed E-state index contributed by atoms with van der Waals surface area (Å²) >= 11 is 0. The molecule has 0 bridgehead atoms. The Morgan fingerprint density at radius 3 is 3.00 bits per heavy atom. The first-order valence-corrected chi connectivity index (χ1v) is 6.68. The zero-order valence-electron chi connectivity index (χ0n) is 11.5. The molecule has 1 N–H and O–H groups in total. The number of likely N-dealkylation sites (tertiary alicyclic amines) is 1. The number of rotatable bonds is 4. The number of carbonyl (C=O) groups excluding carboxylic acids is 1. The summed E-state index contributed by atoms with van der Waals surface area (Å²) in [6.45, 7) is 6.68. The van der Waals surface area contributed by atoms with Crippen molar-refractivity contribution in [3.63, 3.8) is 0 Å². The molecule has 0 aliphatic carbocycles. The maximum absolute atomic E-state index is 12.3. The molecule has 0 saturated carbocycles. The second-order valence-corrected chi connectivity index (χ2v) is 5.03. The topological polar surface area (TPSA) is 45.5 Å². The molecule has 1 aliphatic heterocycles. The molecular weight excluding hydrogens is 228 g/mol. The van der Waals surface area contributed by atoms with E-state index in [9.17, 15) is 4.79 Å². The Kier molecular flexibility index (Phi) is 4.07. The standard InChI is InChI=1S/C14H22N2O2/c1-4-12-10(2)7-13(18-12)14(17)16-6-5-11(9-16)8-15-3/h7,11,15H,4-6,8-9H2,1-3H3/t11-/m1/s1. The van der Waals surface area contributed by atoms with Gasteiger partial charge < -0.3 is 14.6 Å². The van der Waals surface area contributed by atoms with E-state index < -0.39 is 0 Å². The minimum Gasteiger partial charge on any atom is -0.456 e. The molecule has 1 atom stereocenters. The second kappa shape index (κ2) is 5.57. The van der Waals surface area contributed by atoms with Crippen molar-refractivity contribution in [3.05, 3.63) is 23.2 Å². The minimum absolute atomic E-state index is 0.0383. The van der Waals surface area contributed by atoms with Gasteiger partial charge in [-0.25, -0.2) is 0 Å². The SMILES string of the molecule is CCc1oc(C(=O)N2CC[C@H](CNC)C2)cc1C. The number of hydrogen-bond donors (Lipinski definition) is 1. The smallest absolute Gasteiger partial charge is 0.289 e. The van der Waals surface area contributed by atoms with E-state index in [1.807, 2.05) is 31.9 Å². The van der Waals surface area contributed by atoms with Gasteiger partial charge in [-0.05, 0) is 44.5 Å². The average molecular weight is 250 g/mol. The predicted molar refractivity (Wildman–Crippen MR) is 70.8 cm³/mol. The lowest BCUT2D eigenvalue weighted by atomic mass is 10.1. The van der Waals surface area contributed by atoms with Crippen LogP contribution < -0.4 is 5.32 Å². The van der Waals surface area contributed by atoms with Crippen LogP contribution in [0.1, 0.15) is 35.2 Å². The van der Waals surface area contributed by atoms with E-state index in [-0.39, 0.29) is 5.91 Å². The van der Waals surface area contributed by atoms with Crippen molar-refractivity contribution in [2.24, 2.45) is 5.92 Å². The fourth-order valence-electron chi connectivity index (χ4n) is 2.60.